The van der Waals surface area contributed by atoms with Crippen LogP contribution in [0.2, 0.25) is 0 Å². The molecule has 0 saturated heterocycles. The van der Waals surface area contributed by atoms with Crippen molar-refractivity contribution in [2.24, 2.45) is 5.73 Å². The van der Waals surface area contributed by atoms with E-state index in [4.69, 9.17) is 34.9 Å². The summed E-state index contributed by atoms with van der Waals surface area (Å²) in [6, 6.07) is 13.6. The molecule has 0 aliphatic carbocycles. The lowest BCUT2D eigenvalue weighted by atomic mass is 10.2. The molecule has 0 bridgehead atoms. The molecule has 0 amide bonds. The van der Waals surface area contributed by atoms with Gasteiger partial charge in [0.2, 0.25) is 0 Å². The van der Waals surface area contributed by atoms with Crippen molar-refractivity contribution in [2.45, 2.75) is 19.3 Å². The van der Waals surface area contributed by atoms with Gasteiger partial charge in [0.15, 0.2) is 10.2 Å². The molecule has 5 nitrogen and oxygen atoms in total. The lowest BCUT2D eigenvalue weighted by molar-refractivity contribution is 0.305. The van der Waals surface area contributed by atoms with Crippen LogP contribution in [0.5, 0.6) is 5.75 Å². The number of hydrogen-bond donors (Lipinski definition) is 4. The number of unbranched alkanes of at least 4 members (excludes halogenated alkanes) is 2. The van der Waals surface area contributed by atoms with Gasteiger partial charge in [-0.3, -0.25) is 0 Å². The van der Waals surface area contributed by atoms with Crippen LogP contribution in [0.4, 0.5) is 15.8 Å². The van der Waals surface area contributed by atoms with E-state index in [2.05, 4.69) is 16.0 Å². The molecule has 8 heteroatoms. The minimum atomic E-state index is -0.271. The van der Waals surface area contributed by atoms with Crippen molar-refractivity contribution in [1.82, 2.24) is 5.32 Å². The number of nitrogens with one attached hydrogen (secondary N) is 3. The second-order valence-electron chi connectivity index (χ2n) is 5.81. The minimum absolute atomic E-state index is 0.228. The fraction of sp³-hybridized carbons (Fsp3) is 0.263. The number of nitrogens with two attached hydrogens (primary N) is 1. The quantitative estimate of drug-likeness (QED) is 0.370. The van der Waals surface area contributed by atoms with Crippen LogP contribution in [-0.2, 0) is 0 Å². The SMILES string of the molecule is NC(=S)Nc1cccc(OCCCCCNC(=S)Nc2ccc(F)cc2)c1. The van der Waals surface area contributed by atoms with Gasteiger partial charge in [-0.1, -0.05) is 6.07 Å². The van der Waals surface area contributed by atoms with E-state index in [-0.39, 0.29) is 10.9 Å². The minimum Gasteiger partial charge on any atom is -0.494 e. The largest absolute Gasteiger partial charge is 0.494 e. The Morgan fingerprint density at radius 1 is 0.963 bits per heavy atom. The van der Waals surface area contributed by atoms with E-state index in [9.17, 15) is 4.39 Å². The van der Waals surface area contributed by atoms with Crippen LogP contribution in [0.3, 0.4) is 0 Å². The van der Waals surface area contributed by atoms with Crippen LogP contribution in [0.15, 0.2) is 48.5 Å². The van der Waals surface area contributed by atoms with Gasteiger partial charge in [0.1, 0.15) is 11.6 Å². The third-order valence-electron chi connectivity index (χ3n) is 3.58. The van der Waals surface area contributed by atoms with Crippen LogP contribution >= 0.6 is 24.4 Å². The Hall–Kier alpha value is -2.45. The molecule has 0 spiro atoms. The Morgan fingerprint density at radius 3 is 2.48 bits per heavy atom. The van der Waals surface area contributed by atoms with Crippen LogP contribution in [0.25, 0.3) is 0 Å². The second-order valence-corrected chi connectivity index (χ2v) is 6.66. The van der Waals surface area contributed by atoms with Gasteiger partial charge >= 0.3 is 0 Å². The molecule has 0 atom stereocenters. The highest BCUT2D eigenvalue weighted by atomic mass is 32.1. The van der Waals surface area contributed by atoms with Gasteiger partial charge in [-0.25, -0.2) is 4.39 Å². The molecule has 0 aliphatic heterocycles. The summed E-state index contributed by atoms with van der Waals surface area (Å²) in [6.45, 7) is 1.40. The normalized spacial score (nSPS) is 10.1. The number of ether oxygens (including phenoxy) is 1. The van der Waals surface area contributed by atoms with Crippen molar-refractivity contribution < 1.29 is 9.13 Å². The number of benzene rings is 2. The summed E-state index contributed by atoms with van der Waals surface area (Å²) in [5.41, 5.74) is 7.03. The molecule has 0 radical (unpaired) electrons. The average molecular weight is 407 g/mol. The van der Waals surface area contributed by atoms with E-state index < -0.39 is 0 Å². The predicted molar refractivity (Wildman–Crippen MR) is 117 cm³/mol. The topological polar surface area (TPSA) is 71.3 Å². The van der Waals surface area contributed by atoms with Crippen molar-refractivity contribution in [1.29, 1.82) is 0 Å². The van der Waals surface area contributed by atoms with E-state index in [0.717, 1.165) is 42.9 Å². The summed E-state index contributed by atoms with van der Waals surface area (Å²) < 4.78 is 18.6. The van der Waals surface area contributed by atoms with Crippen LogP contribution in [-0.4, -0.2) is 23.4 Å². The molecule has 144 valence electrons. The summed E-state index contributed by atoms with van der Waals surface area (Å²) >= 11 is 10.0. The molecule has 2 aromatic carbocycles. The van der Waals surface area contributed by atoms with E-state index in [1.807, 2.05) is 24.3 Å². The Bertz CT molecular complexity index is 756. The van der Waals surface area contributed by atoms with Gasteiger partial charge in [-0.05, 0) is 80.1 Å². The first-order valence-corrected chi connectivity index (χ1v) is 9.44. The molecule has 0 saturated carbocycles. The molecule has 2 aromatic rings. The first kappa shape index (κ1) is 20.9. The Morgan fingerprint density at radius 2 is 1.74 bits per heavy atom. The number of anilines is 2. The molecule has 27 heavy (non-hydrogen) atoms. The van der Waals surface area contributed by atoms with Gasteiger partial charge in [0.25, 0.3) is 0 Å². The number of hydrogen-bond acceptors (Lipinski definition) is 3. The van der Waals surface area contributed by atoms with Crippen molar-refractivity contribution in [3.63, 3.8) is 0 Å². The van der Waals surface area contributed by atoms with Gasteiger partial charge in [-0.2, -0.15) is 0 Å². The molecule has 0 unspecified atom stereocenters. The maximum Gasteiger partial charge on any atom is 0.170 e. The third kappa shape index (κ3) is 8.65. The van der Waals surface area contributed by atoms with E-state index in [0.29, 0.717) is 11.7 Å². The Balaban J connectivity index is 1.55. The fourth-order valence-corrected chi connectivity index (χ4v) is 2.65. The highest BCUT2D eigenvalue weighted by Gasteiger charge is 2.00. The highest BCUT2D eigenvalue weighted by Crippen LogP contribution is 2.17. The van der Waals surface area contributed by atoms with E-state index >= 15 is 0 Å². The molecular formula is C19H23FN4OS2. The van der Waals surface area contributed by atoms with E-state index in [1.165, 1.54) is 12.1 Å². The lowest BCUT2D eigenvalue weighted by Crippen LogP contribution is -2.29. The zero-order valence-corrected chi connectivity index (χ0v) is 16.5. The summed E-state index contributed by atoms with van der Waals surface area (Å²) in [5, 5.41) is 9.78. The van der Waals surface area contributed by atoms with E-state index in [1.54, 1.807) is 12.1 Å². The van der Waals surface area contributed by atoms with Crippen LogP contribution in [0, 0.1) is 5.82 Å². The Kier molecular flexibility index (Phi) is 8.73. The molecule has 0 aromatic heterocycles. The van der Waals surface area contributed by atoms with Crippen molar-refractivity contribution in [3.8, 4) is 5.75 Å². The zero-order valence-electron chi connectivity index (χ0n) is 14.8. The molecule has 5 N–H and O–H groups in total. The first-order valence-electron chi connectivity index (χ1n) is 8.62. The predicted octanol–water partition coefficient (Wildman–Crippen LogP) is 4.02. The zero-order chi connectivity index (χ0) is 19.5. The van der Waals surface area contributed by atoms with Gasteiger partial charge < -0.3 is 26.4 Å². The van der Waals surface area contributed by atoms with Crippen molar-refractivity contribution in [3.05, 3.63) is 54.3 Å². The maximum absolute atomic E-state index is 12.9. The molecule has 0 fully saturated rings. The summed E-state index contributed by atoms with van der Waals surface area (Å²) in [5.74, 6) is 0.506. The molecule has 0 heterocycles. The number of rotatable bonds is 9. The molecular weight excluding hydrogens is 383 g/mol. The number of thiocarbonyl (C=S) groups is 2. The third-order valence-corrected chi connectivity index (χ3v) is 3.93. The standard InChI is InChI=1S/C19H23FN4OS2/c20-14-7-9-15(10-8-14)24-19(27)22-11-2-1-3-12-25-17-6-4-5-16(13-17)23-18(21)26/h4-10,13H,1-3,11-12H2,(H3,21,23,26)(H2,22,24,27). The molecule has 0 aliphatic rings. The van der Waals surface area contributed by atoms with Crippen molar-refractivity contribution >= 4 is 46.0 Å². The summed E-state index contributed by atoms with van der Waals surface area (Å²) in [7, 11) is 0. The van der Waals surface area contributed by atoms with Crippen molar-refractivity contribution in [2.75, 3.05) is 23.8 Å². The second kappa shape index (κ2) is 11.3. The lowest BCUT2D eigenvalue weighted by Gasteiger charge is -2.11. The molecule has 2 rings (SSSR count). The maximum atomic E-state index is 12.9. The summed E-state index contributed by atoms with van der Waals surface area (Å²) in [6.07, 6.45) is 2.92. The fourth-order valence-electron chi connectivity index (χ4n) is 2.31. The van der Waals surface area contributed by atoms with Gasteiger partial charge in [0.05, 0.1) is 6.61 Å². The monoisotopic (exact) mass is 406 g/mol. The van der Waals surface area contributed by atoms with Crippen LogP contribution < -0.4 is 26.4 Å². The average Bonchev–Trinajstić information content (AvgIpc) is 2.62. The summed E-state index contributed by atoms with van der Waals surface area (Å²) in [4.78, 5) is 0. The van der Waals surface area contributed by atoms with Gasteiger partial charge in [-0.15, -0.1) is 0 Å². The smallest absolute Gasteiger partial charge is 0.170 e. The Labute approximate surface area is 169 Å². The van der Waals surface area contributed by atoms with Crippen LogP contribution in [0.1, 0.15) is 19.3 Å². The first-order chi connectivity index (χ1) is 13.0. The number of halogens is 1. The van der Waals surface area contributed by atoms with Gasteiger partial charge in [0, 0.05) is 24.0 Å². The highest BCUT2D eigenvalue weighted by molar-refractivity contribution is 7.80.